The molecule has 5 nitrogen and oxygen atoms in total. The van der Waals surface area contributed by atoms with E-state index in [0.717, 1.165) is 17.2 Å². The van der Waals surface area contributed by atoms with Crippen LogP contribution in [0.3, 0.4) is 0 Å². The van der Waals surface area contributed by atoms with Gasteiger partial charge in [0.25, 0.3) is 5.91 Å². The summed E-state index contributed by atoms with van der Waals surface area (Å²) in [4.78, 5) is 30.6. The molecule has 13 heteroatoms. The number of halogens is 8. The molecule has 1 saturated carbocycles. The van der Waals surface area contributed by atoms with E-state index in [1.807, 2.05) is 0 Å². The number of carbonyl (C=O) groups is 2. The average Bonchev–Trinajstić information content (AvgIpc) is 3.57. The first kappa shape index (κ1) is 26.8. The Morgan fingerprint density at radius 3 is 2.30 bits per heavy atom. The topological polar surface area (TPSA) is 62.3 Å². The normalized spacial score (nSPS) is 21.2. The van der Waals surface area contributed by atoms with Gasteiger partial charge in [-0.2, -0.15) is 26.3 Å². The SMILES string of the molecule is C[C@@H]1C[C@H](C(=O)N[C@@H](c2cc(F)c(C(F)(F)F)cc2F)C2CC2)N(C(=O)c2ccnc(C(F)(F)F)c2)C1. The van der Waals surface area contributed by atoms with Crippen molar-refractivity contribution in [3.8, 4) is 0 Å². The zero-order valence-electron chi connectivity index (χ0n) is 19.3. The molecule has 3 atom stereocenters. The van der Waals surface area contributed by atoms with Crippen LogP contribution in [0, 0.1) is 23.5 Å². The Bertz CT molecular complexity index is 1210. The van der Waals surface area contributed by atoms with Crippen LogP contribution in [0.1, 0.15) is 59.4 Å². The Morgan fingerprint density at radius 1 is 1.03 bits per heavy atom. The number of amides is 2. The van der Waals surface area contributed by atoms with Crippen LogP contribution < -0.4 is 5.32 Å². The highest BCUT2D eigenvalue weighted by Crippen LogP contribution is 2.43. The summed E-state index contributed by atoms with van der Waals surface area (Å²) in [6.45, 7) is 1.78. The summed E-state index contributed by atoms with van der Waals surface area (Å²) in [6, 6.07) is -0.154. The van der Waals surface area contributed by atoms with Crippen molar-refractivity contribution < 1.29 is 44.7 Å². The third-order valence-corrected chi connectivity index (χ3v) is 6.49. The summed E-state index contributed by atoms with van der Waals surface area (Å²) in [5.41, 5.74) is -3.83. The maximum atomic E-state index is 14.7. The highest BCUT2D eigenvalue weighted by molar-refractivity contribution is 5.98. The molecule has 0 unspecified atom stereocenters. The lowest BCUT2D eigenvalue weighted by atomic mass is 9.98. The van der Waals surface area contributed by atoms with E-state index in [1.54, 1.807) is 6.92 Å². The Hall–Kier alpha value is -3.25. The lowest BCUT2D eigenvalue weighted by molar-refractivity contribution is -0.141. The molecule has 0 radical (unpaired) electrons. The van der Waals surface area contributed by atoms with Crippen LogP contribution in [-0.4, -0.2) is 34.3 Å². The third kappa shape index (κ3) is 5.69. The van der Waals surface area contributed by atoms with E-state index in [-0.39, 0.29) is 36.4 Å². The van der Waals surface area contributed by atoms with Gasteiger partial charge in [-0.05, 0) is 55.4 Å². The van der Waals surface area contributed by atoms with Gasteiger partial charge in [-0.3, -0.25) is 14.6 Å². The minimum Gasteiger partial charge on any atom is -0.347 e. The monoisotopic (exact) mass is 535 g/mol. The molecule has 200 valence electrons. The molecule has 0 spiro atoms. The van der Waals surface area contributed by atoms with E-state index in [4.69, 9.17) is 0 Å². The fourth-order valence-electron chi connectivity index (χ4n) is 4.55. The molecule has 1 aliphatic heterocycles. The van der Waals surface area contributed by atoms with E-state index >= 15 is 0 Å². The second-order valence-electron chi connectivity index (χ2n) is 9.42. The van der Waals surface area contributed by atoms with Crippen molar-refractivity contribution in [2.45, 2.75) is 50.6 Å². The van der Waals surface area contributed by atoms with E-state index in [1.165, 1.54) is 0 Å². The van der Waals surface area contributed by atoms with Crippen LogP contribution in [0.4, 0.5) is 35.1 Å². The molecular formula is C24H21F8N3O2. The van der Waals surface area contributed by atoms with Crippen LogP contribution in [0.2, 0.25) is 0 Å². The molecule has 4 rings (SSSR count). The number of nitrogens with zero attached hydrogens (tertiary/aromatic N) is 2. The van der Waals surface area contributed by atoms with Gasteiger partial charge in [-0.15, -0.1) is 0 Å². The van der Waals surface area contributed by atoms with Crippen molar-refractivity contribution in [3.63, 3.8) is 0 Å². The maximum absolute atomic E-state index is 14.7. The highest BCUT2D eigenvalue weighted by atomic mass is 19.4. The second kappa shape index (κ2) is 9.56. The third-order valence-electron chi connectivity index (χ3n) is 6.49. The highest BCUT2D eigenvalue weighted by Gasteiger charge is 2.43. The second-order valence-corrected chi connectivity index (χ2v) is 9.42. The lowest BCUT2D eigenvalue weighted by Gasteiger charge is -2.27. The van der Waals surface area contributed by atoms with Gasteiger partial charge in [0.05, 0.1) is 11.6 Å². The van der Waals surface area contributed by atoms with E-state index in [0.29, 0.717) is 25.0 Å². The molecular weight excluding hydrogens is 514 g/mol. The number of aromatic nitrogens is 1. The maximum Gasteiger partial charge on any atom is 0.433 e. The minimum atomic E-state index is -5.11. The molecule has 1 aliphatic carbocycles. The summed E-state index contributed by atoms with van der Waals surface area (Å²) < 4.78 is 107. The zero-order chi connectivity index (χ0) is 27.3. The fraction of sp³-hybridized carbons (Fsp3) is 0.458. The van der Waals surface area contributed by atoms with Crippen LogP contribution in [0.5, 0.6) is 0 Å². The largest absolute Gasteiger partial charge is 0.433 e. The smallest absolute Gasteiger partial charge is 0.347 e. The number of rotatable bonds is 5. The van der Waals surface area contributed by atoms with Crippen LogP contribution in [-0.2, 0) is 17.1 Å². The number of likely N-dealkylation sites (tertiary alicyclic amines) is 1. The fourth-order valence-corrected chi connectivity index (χ4v) is 4.55. The van der Waals surface area contributed by atoms with Gasteiger partial charge in [0.15, 0.2) is 0 Å². The number of nitrogens with one attached hydrogen (secondary N) is 1. The van der Waals surface area contributed by atoms with Gasteiger partial charge in [0.2, 0.25) is 5.91 Å². The summed E-state index contributed by atoms with van der Waals surface area (Å²) in [5.74, 6) is -5.19. The number of benzene rings is 1. The summed E-state index contributed by atoms with van der Waals surface area (Å²) in [5, 5.41) is 2.54. The quantitative estimate of drug-likeness (QED) is 0.514. The minimum absolute atomic E-state index is 0.0430. The first-order valence-corrected chi connectivity index (χ1v) is 11.4. The summed E-state index contributed by atoms with van der Waals surface area (Å²) in [7, 11) is 0. The predicted molar refractivity (Wildman–Crippen MR) is 113 cm³/mol. The van der Waals surface area contributed by atoms with Gasteiger partial charge < -0.3 is 10.2 Å². The first-order valence-electron chi connectivity index (χ1n) is 11.4. The summed E-state index contributed by atoms with van der Waals surface area (Å²) >= 11 is 0. The van der Waals surface area contributed by atoms with Gasteiger partial charge in [0.1, 0.15) is 23.4 Å². The lowest BCUT2D eigenvalue weighted by Crippen LogP contribution is -2.47. The molecule has 1 aromatic heterocycles. The molecule has 2 heterocycles. The first-order chi connectivity index (χ1) is 17.2. The molecule has 0 bridgehead atoms. The molecule has 2 aromatic rings. The average molecular weight is 535 g/mol. The van der Waals surface area contributed by atoms with Gasteiger partial charge in [-0.25, -0.2) is 8.78 Å². The Kier molecular flexibility index (Phi) is 6.93. The molecule has 1 saturated heterocycles. The van der Waals surface area contributed by atoms with Crippen molar-refractivity contribution in [3.05, 3.63) is 64.5 Å². The molecule has 1 N–H and O–H groups in total. The molecule has 2 fully saturated rings. The van der Waals surface area contributed by atoms with Crippen LogP contribution in [0.25, 0.3) is 0 Å². The Labute approximate surface area is 205 Å². The van der Waals surface area contributed by atoms with Crippen molar-refractivity contribution in [1.29, 1.82) is 0 Å². The van der Waals surface area contributed by atoms with Gasteiger partial charge >= 0.3 is 12.4 Å². The van der Waals surface area contributed by atoms with Crippen molar-refractivity contribution in [2.24, 2.45) is 11.8 Å². The van der Waals surface area contributed by atoms with E-state index in [9.17, 15) is 44.7 Å². The van der Waals surface area contributed by atoms with Gasteiger partial charge in [0, 0.05) is 23.9 Å². The van der Waals surface area contributed by atoms with E-state index < -0.39 is 64.7 Å². The number of pyridine rings is 1. The predicted octanol–water partition coefficient (Wildman–Crippen LogP) is 5.52. The number of hydrogen-bond donors (Lipinski definition) is 1. The number of alkyl halides is 6. The Morgan fingerprint density at radius 2 is 1.70 bits per heavy atom. The molecule has 1 aromatic carbocycles. The molecule has 37 heavy (non-hydrogen) atoms. The number of carbonyl (C=O) groups excluding carboxylic acids is 2. The van der Waals surface area contributed by atoms with Gasteiger partial charge in [-0.1, -0.05) is 6.92 Å². The van der Waals surface area contributed by atoms with Crippen molar-refractivity contribution >= 4 is 11.8 Å². The molecule has 2 aliphatic rings. The zero-order valence-corrected chi connectivity index (χ0v) is 19.3. The van der Waals surface area contributed by atoms with Crippen LogP contribution in [0.15, 0.2) is 30.5 Å². The van der Waals surface area contributed by atoms with Crippen molar-refractivity contribution in [2.75, 3.05) is 6.54 Å². The Balaban J connectivity index is 1.58. The summed E-state index contributed by atoms with van der Waals surface area (Å²) in [6.07, 6.45) is -7.90. The van der Waals surface area contributed by atoms with Crippen molar-refractivity contribution in [1.82, 2.24) is 15.2 Å². The standard InChI is InChI=1S/C24H21F8N3O2/c1-11-6-18(35(10-11)22(37)13-4-5-33-19(7-13)24(30,31)32)21(36)34-20(12-2-3-12)14-8-17(26)15(9-16(14)25)23(27,28)29/h4-5,7-9,11-12,18,20H,2-3,6,10H2,1H3,(H,34,36)/t11-,18-,20-/m1/s1. The van der Waals surface area contributed by atoms with E-state index in [2.05, 4.69) is 10.3 Å². The molecule has 2 amide bonds. The number of hydrogen-bond acceptors (Lipinski definition) is 3. The van der Waals surface area contributed by atoms with Crippen LogP contribution >= 0.6 is 0 Å².